The summed E-state index contributed by atoms with van der Waals surface area (Å²) >= 11 is 5.39. The van der Waals surface area contributed by atoms with E-state index in [9.17, 15) is 0 Å². The summed E-state index contributed by atoms with van der Waals surface area (Å²) in [6.45, 7) is 8.78. The molecule has 1 N–H and O–H groups in total. The Morgan fingerprint density at radius 2 is 2.21 bits per heavy atom. The van der Waals surface area contributed by atoms with Gasteiger partial charge >= 0.3 is 0 Å². The summed E-state index contributed by atoms with van der Waals surface area (Å²) in [6.07, 6.45) is 1.26. The first-order valence-electron chi connectivity index (χ1n) is 5.05. The molecular formula is C11H18BrNS. The van der Waals surface area contributed by atoms with Crippen LogP contribution in [0, 0.1) is 12.8 Å². The number of hydrogen-bond acceptors (Lipinski definition) is 2. The molecule has 0 radical (unpaired) electrons. The van der Waals surface area contributed by atoms with Crippen molar-refractivity contribution in [2.24, 2.45) is 5.92 Å². The van der Waals surface area contributed by atoms with Gasteiger partial charge in [-0.2, -0.15) is 0 Å². The molecule has 0 saturated carbocycles. The lowest BCUT2D eigenvalue weighted by Gasteiger charge is -2.05. The zero-order valence-electron chi connectivity index (χ0n) is 9.06. The lowest BCUT2D eigenvalue weighted by atomic mass is 10.1. The molecular weight excluding hydrogens is 258 g/mol. The van der Waals surface area contributed by atoms with E-state index in [1.807, 2.05) is 11.3 Å². The summed E-state index contributed by atoms with van der Waals surface area (Å²) in [6, 6.07) is 2.21. The van der Waals surface area contributed by atoms with E-state index < -0.39 is 0 Å². The molecule has 80 valence electrons. The lowest BCUT2D eigenvalue weighted by molar-refractivity contribution is 0.539. The van der Waals surface area contributed by atoms with Gasteiger partial charge in [0, 0.05) is 20.8 Å². The Balaban J connectivity index is 2.25. The third-order valence-electron chi connectivity index (χ3n) is 2.11. The molecule has 0 aliphatic heterocycles. The Labute approximate surface area is 99.0 Å². The van der Waals surface area contributed by atoms with E-state index in [1.165, 1.54) is 20.6 Å². The van der Waals surface area contributed by atoms with Crippen LogP contribution in [0.1, 0.15) is 30.0 Å². The number of halogens is 1. The predicted molar refractivity (Wildman–Crippen MR) is 67.9 cm³/mol. The number of aryl methyl sites for hydroxylation is 1. The average Bonchev–Trinajstić information content (AvgIpc) is 2.40. The van der Waals surface area contributed by atoms with E-state index >= 15 is 0 Å². The van der Waals surface area contributed by atoms with E-state index in [4.69, 9.17) is 0 Å². The standard InChI is InChI=1S/C11H18BrNS/c1-8(2)4-5-13-7-10-6-11(12)9(3)14-10/h6,8,13H,4-5,7H2,1-3H3. The third kappa shape index (κ3) is 4.11. The van der Waals surface area contributed by atoms with E-state index in [1.54, 1.807) is 0 Å². The summed E-state index contributed by atoms with van der Waals surface area (Å²) in [5, 5.41) is 3.46. The molecule has 0 atom stereocenters. The number of hydrogen-bond donors (Lipinski definition) is 1. The molecule has 1 aromatic heterocycles. The van der Waals surface area contributed by atoms with Gasteiger partial charge in [0.05, 0.1) is 0 Å². The minimum Gasteiger partial charge on any atom is -0.312 e. The van der Waals surface area contributed by atoms with Gasteiger partial charge in [0.15, 0.2) is 0 Å². The van der Waals surface area contributed by atoms with E-state index in [0.29, 0.717) is 0 Å². The normalized spacial score (nSPS) is 11.2. The maximum Gasteiger partial charge on any atom is 0.0314 e. The van der Waals surface area contributed by atoms with Gasteiger partial charge in [-0.05, 0) is 47.8 Å². The molecule has 0 unspecified atom stereocenters. The molecule has 0 spiro atoms. The van der Waals surface area contributed by atoms with Crippen molar-refractivity contribution in [3.63, 3.8) is 0 Å². The zero-order chi connectivity index (χ0) is 10.6. The van der Waals surface area contributed by atoms with Crippen molar-refractivity contribution in [1.82, 2.24) is 5.32 Å². The Hall–Kier alpha value is 0.140. The maximum atomic E-state index is 3.53. The van der Waals surface area contributed by atoms with E-state index in [2.05, 4.69) is 48.1 Å². The average molecular weight is 276 g/mol. The van der Waals surface area contributed by atoms with Crippen molar-refractivity contribution in [2.75, 3.05) is 6.54 Å². The van der Waals surface area contributed by atoms with Crippen LogP contribution < -0.4 is 5.32 Å². The zero-order valence-corrected chi connectivity index (χ0v) is 11.5. The van der Waals surface area contributed by atoms with Gasteiger partial charge in [-0.25, -0.2) is 0 Å². The van der Waals surface area contributed by atoms with Crippen LogP contribution in [-0.4, -0.2) is 6.54 Å². The Morgan fingerprint density at radius 1 is 1.50 bits per heavy atom. The van der Waals surface area contributed by atoms with Crippen LogP contribution in [0.5, 0.6) is 0 Å². The van der Waals surface area contributed by atoms with Crippen LogP contribution in [0.4, 0.5) is 0 Å². The Bertz CT molecular complexity index is 261. The van der Waals surface area contributed by atoms with Crippen molar-refractivity contribution in [3.8, 4) is 0 Å². The summed E-state index contributed by atoms with van der Waals surface area (Å²) in [4.78, 5) is 2.78. The van der Waals surface area contributed by atoms with Gasteiger partial charge in [0.25, 0.3) is 0 Å². The van der Waals surface area contributed by atoms with E-state index in [0.717, 1.165) is 19.0 Å². The van der Waals surface area contributed by atoms with Gasteiger partial charge in [0.2, 0.25) is 0 Å². The molecule has 0 fully saturated rings. The summed E-state index contributed by atoms with van der Waals surface area (Å²) < 4.78 is 1.24. The summed E-state index contributed by atoms with van der Waals surface area (Å²) in [5.41, 5.74) is 0. The quantitative estimate of drug-likeness (QED) is 0.803. The number of thiophene rings is 1. The molecule has 1 nitrogen and oxygen atoms in total. The molecule has 0 aliphatic rings. The maximum absolute atomic E-state index is 3.53. The van der Waals surface area contributed by atoms with Gasteiger partial charge in [-0.15, -0.1) is 11.3 Å². The van der Waals surface area contributed by atoms with Crippen molar-refractivity contribution in [3.05, 3.63) is 20.3 Å². The molecule has 1 rings (SSSR count). The summed E-state index contributed by atoms with van der Waals surface area (Å²) in [5.74, 6) is 0.791. The van der Waals surface area contributed by atoms with Crippen LogP contribution in [0.2, 0.25) is 0 Å². The highest BCUT2D eigenvalue weighted by Gasteiger charge is 2.02. The molecule has 0 aromatic carbocycles. The SMILES string of the molecule is Cc1sc(CNCCC(C)C)cc1Br. The predicted octanol–water partition coefficient (Wildman–Crippen LogP) is 3.95. The van der Waals surface area contributed by atoms with Crippen LogP contribution in [0.3, 0.4) is 0 Å². The number of rotatable bonds is 5. The molecule has 1 aromatic rings. The fourth-order valence-corrected chi connectivity index (χ4v) is 2.78. The minimum absolute atomic E-state index is 0.791. The largest absolute Gasteiger partial charge is 0.312 e. The van der Waals surface area contributed by atoms with Crippen LogP contribution in [0.15, 0.2) is 10.5 Å². The lowest BCUT2D eigenvalue weighted by Crippen LogP contribution is -2.15. The van der Waals surface area contributed by atoms with Crippen molar-refractivity contribution in [1.29, 1.82) is 0 Å². The fourth-order valence-electron chi connectivity index (χ4n) is 1.21. The second-order valence-electron chi connectivity index (χ2n) is 3.98. The van der Waals surface area contributed by atoms with Gasteiger partial charge in [-0.1, -0.05) is 13.8 Å². The van der Waals surface area contributed by atoms with E-state index in [-0.39, 0.29) is 0 Å². The first kappa shape index (κ1) is 12.2. The van der Waals surface area contributed by atoms with Gasteiger partial charge in [-0.3, -0.25) is 0 Å². The molecule has 14 heavy (non-hydrogen) atoms. The smallest absolute Gasteiger partial charge is 0.0314 e. The van der Waals surface area contributed by atoms with Crippen molar-refractivity contribution in [2.45, 2.75) is 33.7 Å². The van der Waals surface area contributed by atoms with Crippen molar-refractivity contribution < 1.29 is 0 Å². The minimum atomic E-state index is 0.791. The fraction of sp³-hybridized carbons (Fsp3) is 0.636. The highest BCUT2D eigenvalue weighted by molar-refractivity contribution is 9.10. The highest BCUT2D eigenvalue weighted by Crippen LogP contribution is 2.25. The van der Waals surface area contributed by atoms with Gasteiger partial charge in [0.1, 0.15) is 0 Å². The summed E-state index contributed by atoms with van der Waals surface area (Å²) in [7, 11) is 0. The highest BCUT2D eigenvalue weighted by atomic mass is 79.9. The monoisotopic (exact) mass is 275 g/mol. The van der Waals surface area contributed by atoms with Crippen LogP contribution >= 0.6 is 27.3 Å². The first-order valence-corrected chi connectivity index (χ1v) is 6.66. The molecule has 0 bridgehead atoms. The Kier molecular flexibility index (Phi) is 5.13. The van der Waals surface area contributed by atoms with Gasteiger partial charge < -0.3 is 5.32 Å². The third-order valence-corrected chi connectivity index (χ3v) is 4.24. The molecule has 3 heteroatoms. The second-order valence-corrected chi connectivity index (χ2v) is 6.17. The number of nitrogens with one attached hydrogen (secondary N) is 1. The molecule has 0 aliphatic carbocycles. The first-order chi connectivity index (χ1) is 6.59. The van der Waals surface area contributed by atoms with Crippen molar-refractivity contribution >= 4 is 27.3 Å². The Morgan fingerprint density at radius 3 is 2.71 bits per heavy atom. The molecule has 1 heterocycles. The van der Waals surface area contributed by atoms with Crippen LogP contribution in [0.25, 0.3) is 0 Å². The van der Waals surface area contributed by atoms with Crippen LogP contribution in [-0.2, 0) is 6.54 Å². The second kappa shape index (κ2) is 5.89. The molecule has 0 saturated heterocycles. The topological polar surface area (TPSA) is 12.0 Å². The molecule has 0 amide bonds.